The van der Waals surface area contributed by atoms with Gasteiger partial charge >= 0.3 is 17.4 Å². The molecule has 0 rings (SSSR count). The van der Waals surface area contributed by atoms with Gasteiger partial charge in [-0.25, -0.2) is 0 Å². The summed E-state index contributed by atoms with van der Waals surface area (Å²) >= 11 is 0. The summed E-state index contributed by atoms with van der Waals surface area (Å²) in [5.74, 6) is -18.4. The number of aliphatic hydroxyl groups is 8. The fourth-order valence-electron chi connectivity index (χ4n) is 0. The molecule has 0 bridgehead atoms. The smallest absolute Gasteiger partial charge is 0.544 e. The number of rotatable bonds is 4. The second-order valence-corrected chi connectivity index (χ2v) is 5.23. The quantitative estimate of drug-likeness (QED) is 0.135. The van der Waals surface area contributed by atoms with Crippen molar-refractivity contribution in [2.45, 2.75) is 50.8 Å². The molecule has 0 spiro atoms. The van der Waals surface area contributed by atoms with Gasteiger partial charge in [0.25, 0.3) is 0 Å². The summed E-state index contributed by atoms with van der Waals surface area (Å²) in [7, 11) is 0. The van der Waals surface area contributed by atoms with Gasteiger partial charge < -0.3 is 80.5 Å². The fourth-order valence-corrected chi connectivity index (χ4v) is 0. The predicted molar refractivity (Wildman–Crippen MR) is 79.9 cm³/mol. The number of carboxylic acids is 4. The fraction of sp³-hybridized carbons (Fsp3) is 0.667. The SMILES string of the molecule is CC(O)(O)C(=O)[O-].CC(O)(O)C(=O)[O-].CC(O)(O)C(=O)[O-].CC(O)(O)C(=O)[O-].[Al+3].[ClH2+]. The molecule has 0 aromatic carbocycles. The van der Waals surface area contributed by atoms with Crippen LogP contribution < -0.4 is 20.4 Å². The first kappa shape index (κ1) is 42.5. The van der Waals surface area contributed by atoms with Crippen molar-refractivity contribution in [1.29, 1.82) is 0 Å². The minimum atomic E-state index is -2.69. The van der Waals surface area contributed by atoms with Gasteiger partial charge in [-0.15, -0.1) is 0 Å². The third kappa shape index (κ3) is 33.9. The van der Waals surface area contributed by atoms with E-state index in [1.54, 1.807) is 0 Å². The van der Waals surface area contributed by atoms with Gasteiger partial charge in [-0.05, 0) is 27.7 Å². The Balaban J connectivity index is -0.0000000626. The van der Waals surface area contributed by atoms with Crippen LogP contribution in [-0.2, 0) is 19.2 Å². The molecule has 0 saturated heterocycles. The monoisotopic (exact) mass is 484 g/mol. The second kappa shape index (κ2) is 16.1. The molecule has 0 radical (unpaired) electrons. The van der Waals surface area contributed by atoms with Gasteiger partial charge in [0.2, 0.25) is 23.1 Å². The van der Waals surface area contributed by atoms with E-state index < -0.39 is 47.0 Å². The van der Waals surface area contributed by atoms with Gasteiger partial charge in [0.15, 0.2) is 0 Å². The third-order valence-corrected chi connectivity index (χ3v) is 1.55. The molecule has 176 valence electrons. The Morgan fingerprint density at radius 3 is 0.500 bits per heavy atom. The van der Waals surface area contributed by atoms with Crippen LogP contribution in [0.3, 0.4) is 0 Å². The molecule has 30 heavy (non-hydrogen) atoms. The van der Waals surface area contributed by atoms with Crippen molar-refractivity contribution in [3.63, 3.8) is 0 Å². The van der Waals surface area contributed by atoms with Crippen molar-refractivity contribution >= 4 is 41.2 Å². The molecular weight excluding hydrogens is 463 g/mol. The van der Waals surface area contributed by atoms with E-state index in [2.05, 4.69) is 0 Å². The molecule has 0 unspecified atom stereocenters. The summed E-state index contributed by atoms with van der Waals surface area (Å²) in [5.41, 5.74) is 0. The van der Waals surface area contributed by atoms with Crippen LogP contribution in [-0.4, -0.2) is 105 Å². The van der Waals surface area contributed by atoms with Crippen LogP contribution in [0.25, 0.3) is 0 Å². The molecule has 8 N–H and O–H groups in total. The van der Waals surface area contributed by atoms with E-state index in [9.17, 15) is 39.6 Å². The molecule has 0 atom stereocenters. The maximum Gasteiger partial charge on any atom is 3.00 e. The first-order valence-corrected chi connectivity index (χ1v) is 6.42. The van der Waals surface area contributed by atoms with Crippen molar-refractivity contribution in [2.24, 2.45) is 0 Å². The molecule has 18 heteroatoms. The Hall–Kier alpha value is -1.62. The Morgan fingerprint density at radius 2 is 0.500 bits per heavy atom. The van der Waals surface area contributed by atoms with Gasteiger partial charge in [-0.2, -0.15) is 0 Å². The average molecular weight is 485 g/mol. The summed E-state index contributed by atoms with van der Waals surface area (Å²) in [5, 5.41) is 102. The van der Waals surface area contributed by atoms with E-state index in [-0.39, 0.29) is 29.8 Å². The van der Waals surface area contributed by atoms with E-state index in [4.69, 9.17) is 40.9 Å². The molecule has 0 fully saturated rings. The van der Waals surface area contributed by atoms with Crippen LogP contribution in [0, 0.1) is 12.4 Å². The maximum absolute atomic E-state index is 9.41. The Labute approximate surface area is 185 Å². The van der Waals surface area contributed by atoms with E-state index in [0.29, 0.717) is 27.7 Å². The van der Waals surface area contributed by atoms with Crippen molar-refractivity contribution < 1.29 is 92.9 Å². The van der Waals surface area contributed by atoms with Crippen LogP contribution in [0.5, 0.6) is 0 Å². The maximum atomic E-state index is 9.41. The van der Waals surface area contributed by atoms with Gasteiger partial charge in [-0.1, -0.05) is 0 Å². The van der Waals surface area contributed by atoms with Crippen LogP contribution in [0.15, 0.2) is 0 Å². The minimum Gasteiger partial charge on any atom is -0.544 e. The minimum absolute atomic E-state index is 0. The Bertz CT molecular complexity index is 426. The Kier molecular flexibility index (Phi) is 22.8. The summed E-state index contributed by atoms with van der Waals surface area (Å²) in [6.07, 6.45) is 0. The molecule has 0 aliphatic carbocycles. The molecule has 16 nitrogen and oxygen atoms in total. The van der Waals surface area contributed by atoms with Gasteiger partial charge in [0, 0.05) is 0 Å². The summed E-state index contributed by atoms with van der Waals surface area (Å²) in [4.78, 5) is 37.6. The number of halogens is 1. The van der Waals surface area contributed by atoms with E-state index in [1.807, 2.05) is 0 Å². The summed E-state index contributed by atoms with van der Waals surface area (Å²) in [6, 6.07) is 0. The first-order valence-electron chi connectivity index (χ1n) is 6.42. The number of hydrogen-bond donors (Lipinski definition) is 8. The molecule has 0 aliphatic rings. The number of carboxylic acid groups (broad SMARTS) is 4. The largest absolute Gasteiger partial charge is 3.00 e. The molecule has 0 aliphatic heterocycles. The van der Waals surface area contributed by atoms with Crippen LogP contribution in [0.4, 0.5) is 0 Å². The molecule has 0 saturated carbocycles. The Morgan fingerprint density at radius 1 is 0.467 bits per heavy atom. The van der Waals surface area contributed by atoms with Crippen LogP contribution >= 0.6 is 0 Å². The number of carbonyl (C=O) groups is 4. The zero-order chi connectivity index (χ0) is 24.3. The molecule has 0 aromatic heterocycles. The average Bonchev–Trinajstić information content (AvgIpc) is 2.35. The number of aliphatic carboxylic acids is 4. The zero-order valence-electron chi connectivity index (χ0n) is 15.9. The van der Waals surface area contributed by atoms with E-state index >= 15 is 0 Å². The molecule has 0 aromatic rings. The third-order valence-electron chi connectivity index (χ3n) is 1.55. The zero-order valence-corrected chi connectivity index (χ0v) is 17.9. The summed E-state index contributed by atoms with van der Waals surface area (Å²) < 4.78 is 0. The van der Waals surface area contributed by atoms with Crippen molar-refractivity contribution in [1.82, 2.24) is 0 Å². The van der Waals surface area contributed by atoms with Crippen LogP contribution in [0.1, 0.15) is 27.7 Å². The number of carbonyl (C=O) groups excluding carboxylic acids is 4. The molecular formula is C12H22AlClO16. The van der Waals surface area contributed by atoms with Crippen molar-refractivity contribution in [3.8, 4) is 0 Å². The number of hydrogen-bond acceptors (Lipinski definition) is 16. The van der Waals surface area contributed by atoms with Crippen LogP contribution in [0.2, 0.25) is 0 Å². The normalized spacial score (nSPS) is 10.5. The second-order valence-electron chi connectivity index (χ2n) is 5.23. The van der Waals surface area contributed by atoms with Gasteiger partial charge in [-0.3, -0.25) is 0 Å². The molecule has 0 amide bonds. The standard InChI is InChI=1S/4C3H6O4.Al.ClH2/c4*1-3(6,7)2(4)5;;/h4*6-7H,1H3,(H,4,5);;1H2/q;;;;+3;+1/p-4. The molecule has 0 heterocycles. The van der Waals surface area contributed by atoms with Crippen molar-refractivity contribution in [2.75, 3.05) is 0 Å². The van der Waals surface area contributed by atoms with Crippen molar-refractivity contribution in [3.05, 3.63) is 0 Å². The van der Waals surface area contributed by atoms with E-state index in [1.165, 1.54) is 0 Å². The predicted octanol–water partition coefficient (Wildman–Crippen LogP) is -11.2. The summed E-state index contributed by atoms with van der Waals surface area (Å²) in [6.45, 7) is 2.84. The van der Waals surface area contributed by atoms with E-state index in [0.717, 1.165) is 0 Å². The van der Waals surface area contributed by atoms with Gasteiger partial charge in [0.1, 0.15) is 0 Å². The topological polar surface area (TPSA) is 322 Å². The van der Waals surface area contributed by atoms with Gasteiger partial charge in [0.05, 0.1) is 36.3 Å². The first-order chi connectivity index (χ1) is 11.8.